The molecule has 2 atom stereocenters. The number of nitrogens with one attached hydrogen (secondary N) is 1. The van der Waals surface area contributed by atoms with Crippen molar-refractivity contribution in [3.8, 4) is 5.75 Å². The van der Waals surface area contributed by atoms with Gasteiger partial charge in [-0.15, -0.1) is 0 Å². The molecule has 1 aromatic heterocycles. The van der Waals surface area contributed by atoms with Crippen molar-refractivity contribution in [1.82, 2.24) is 9.97 Å². The molecule has 1 fully saturated rings. The molecule has 1 saturated heterocycles. The first kappa shape index (κ1) is 19.7. The van der Waals surface area contributed by atoms with Crippen LogP contribution in [-0.2, 0) is 0 Å². The van der Waals surface area contributed by atoms with Gasteiger partial charge in [-0.1, -0.05) is 13.8 Å². The zero-order chi connectivity index (χ0) is 20.3. The second kappa shape index (κ2) is 8.28. The molecule has 150 valence electrons. The molecule has 2 heterocycles. The van der Waals surface area contributed by atoms with Gasteiger partial charge in [0.1, 0.15) is 5.75 Å². The SMILES string of the molecule is CCOc1ccc(Nc2nc(N3C[C@H](C)C[C@@H](C)C3)nc(N)c2[N+](=O)[O-])cc1. The molecule has 0 spiro atoms. The summed E-state index contributed by atoms with van der Waals surface area (Å²) in [6, 6.07) is 7.13. The number of aromatic nitrogens is 2. The lowest BCUT2D eigenvalue weighted by Crippen LogP contribution is -2.39. The van der Waals surface area contributed by atoms with Crippen molar-refractivity contribution in [3.63, 3.8) is 0 Å². The van der Waals surface area contributed by atoms with Crippen molar-refractivity contribution in [1.29, 1.82) is 0 Å². The van der Waals surface area contributed by atoms with Crippen molar-refractivity contribution in [2.45, 2.75) is 27.2 Å². The topological polar surface area (TPSA) is 119 Å². The molecule has 1 aromatic carbocycles. The highest BCUT2D eigenvalue weighted by atomic mass is 16.6. The number of nitrogens with two attached hydrogens (primary N) is 1. The molecule has 3 rings (SSSR count). The monoisotopic (exact) mass is 386 g/mol. The number of anilines is 4. The molecular weight excluding hydrogens is 360 g/mol. The molecule has 1 aliphatic heterocycles. The molecular formula is C19H26N6O3. The Labute approximate surface area is 164 Å². The van der Waals surface area contributed by atoms with E-state index >= 15 is 0 Å². The molecule has 0 bridgehead atoms. The Kier molecular flexibility index (Phi) is 5.81. The highest BCUT2D eigenvalue weighted by Gasteiger charge is 2.28. The zero-order valence-corrected chi connectivity index (χ0v) is 16.4. The molecule has 1 aliphatic rings. The lowest BCUT2D eigenvalue weighted by Gasteiger charge is -2.35. The molecule has 0 saturated carbocycles. The summed E-state index contributed by atoms with van der Waals surface area (Å²) in [6.45, 7) is 8.42. The van der Waals surface area contributed by atoms with E-state index in [1.165, 1.54) is 0 Å². The van der Waals surface area contributed by atoms with Crippen LogP contribution < -0.4 is 20.7 Å². The van der Waals surface area contributed by atoms with Crippen LogP contribution in [0.15, 0.2) is 24.3 Å². The maximum atomic E-state index is 11.5. The van der Waals surface area contributed by atoms with Crippen LogP contribution in [0.25, 0.3) is 0 Å². The van der Waals surface area contributed by atoms with Gasteiger partial charge < -0.3 is 20.7 Å². The number of hydrogen-bond acceptors (Lipinski definition) is 8. The number of hydrogen-bond donors (Lipinski definition) is 2. The van der Waals surface area contributed by atoms with E-state index in [1.807, 2.05) is 11.8 Å². The number of nitrogens with zero attached hydrogens (tertiary/aromatic N) is 4. The lowest BCUT2D eigenvalue weighted by molar-refractivity contribution is -0.383. The lowest BCUT2D eigenvalue weighted by atomic mass is 9.92. The number of nitro groups is 1. The molecule has 9 heteroatoms. The minimum absolute atomic E-state index is 0.0857. The van der Waals surface area contributed by atoms with Crippen molar-refractivity contribution in [2.24, 2.45) is 11.8 Å². The minimum Gasteiger partial charge on any atom is -0.494 e. The number of ether oxygens (including phenoxy) is 1. The van der Waals surface area contributed by atoms with Gasteiger partial charge in [-0.05, 0) is 49.4 Å². The Bertz CT molecular complexity index is 832. The van der Waals surface area contributed by atoms with Gasteiger partial charge in [-0.2, -0.15) is 9.97 Å². The fraction of sp³-hybridized carbons (Fsp3) is 0.474. The van der Waals surface area contributed by atoms with E-state index in [-0.39, 0.29) is 17.3 Å². The van der Waals surface area contributed by atoms with E-state index < -0.39 is 4.92 Å². The predicted molar refractivity (Wildman–Crippen MR) is 109 cm³/mol. The number of benzene rings is 1. The number of nitrogen functional groups attached to an aromatic ring is 1. The van der Waals surface area contributed by atoms with Crippen LogP contribution >= 0.6 is 0 Å². The fourth-order valence-electron chi connectivity index (χ4n) is 3.63. The van der Waals surface area contributed by atoms with Gasteiger partial charge in [0.15, 0.2) is 0 Å². The largest absolute Gasteiger partial charge is 0.494 e. The van der Waals surface area contributed by atoms with Crippen molar-refractivity contribution < 1.29 is 9.66 Å². The molecule has 0 radical (unpaired) electrons. The second-order valence-electron chi connectivity index (χ2n) is 7.30. The third-order valence-electron chi connectivity index (χ3n) is 4.66. The molecule has 0 aliphatic carbocycles. The summed E-state index contributed by atoms with van der Waals surface area (Å²) in [5.41, 5.74) is 6.26. The first-order valence-corrected chi connectivity index (χ1v) is 9.44. The standard InChI is InChI=1S/C19H26N6O3/c1-4-28-15-7-5-14(6-8-15)21-18-16(25(26)27)17(20)22-19(23-18)24-10-12(2)9-13(3)11-24/h5-8,12-13H,4,9-11H2,1-3H3,(H3,20,21,22,23)/t12-,13-/m1/s1. The van der Waals surface area contributed by atoms with Gasteiger partial charge in [-0.25, -0.2) is 0 Å². The number of piperidine rings is 1. The van der Waals surface area contributed by atoms with Gasteiger partial charge in [0.05, 0.1) is 11.5 Å². The Morgan fingerprint density at radius 3 is 2.46 bits per heavy atom. The fourth-order valence-corrected chi connectivity index (χ4v) is 3.63. The van der Waals surface area contributed by atoms with Crippen LogP contribution in [0.2, 0.25) is 0 Å². The first-order chi connectivity index (χ1) is 13.4. The van der Waals surface area contributed by atoms with Crippen molar-refractivity contribution in [2.75, 3.05) is 35.6 Å². The average molecular weight is 386 g/mol. The van der Waals surface area contributed by atoms with Gasteiger partial charge in [0.2, 0.25) is 17.6 Å². The van der Waals surface area contributed by atoms with Crippen LogP contribution in [0, 0.1) is 22.0 Å². The predicted octanol–water partition coefficient (Wildman–Crippen LogP) is 3.59. The number of rotatable bonds is 6. The highest BCUT2D eigenvalue weighted by Crippen LogP contribution is 2.34. The third-order valence-corrected chi connectivity index (χ3v) is 4.66. The summed E-state index contributed by atoms with van der Waals surface area (Å²) in [4.78, 5) is 21.7. The molecule has 0 amide bonds. The van der Waals surface area contributed by atoms with E-state index in [1.54, 1.807) is 24.3 Å². The summed E-state index contributed by atoms with van der Waals surface area (Å²) in [7, 11) is 0. The smallest absolute Gasteiger partial charge is 0.353 e. The summed E-state index contributed by atoms with van der Waals surface area (Å²) in [5, 5.41) is 14.5. The summed E-state index contributed by atoms with van der Waals surface area (Å²) in [6.07, 6.45) is 1.14. The average Bonchev–Trinajstić information content (AvgIpc) is 2.62. The molecule has 3 N–H and O–H groups in total. The van der Waals surface area contributed by atoms with Gasteiger partial charge in [0, 0.05) is 18.8 Å². The quantitative estimate of drug-likeness (QED) is 0.571. The van der Waals surface area contributed by atoms with Crippen LogP contribution in [0.4, 0.5) is 29.0 Å². The van der Waals surface area contributed by atoms with Crippen LogP contribution in [0.3, 0.4) is 0 Å². The summed E-state index contributed by atoms with van der Waals surface area (Å²) < 4.78 is 5.42. The van der Waals surface area contributed by atoms with Gasteiger partial charge >= 0.3 is 5.69 Å². The zero-order valence-electron chi connectivity index (χ0n) is 16.4. The Hall–Kier alpha value is -3.10. The minimum atomic E-state index is -0.558. The first-order valence-electron chi connectivity index (χ1n) is 9.44. The van der Waals surface area contributed by atoms with Crippen molar-refractivity contribution in [3.05, 3.63) is 34.4 Å². The maximum Gasteiger partial charge on any atom is 0.353 e. The van der Waals surface area contributed by atoms with E-state index in [0.29, 0.717) is 30.1 Å². The van der Waals surface area contributed by atoms with Crippen molar-refractivity contribution >= 4 is 29.0 Å². The normalized spacial score (nSPS) is 19.3. The van der Waals surface area contributed by atoms with Crippen LogP contribution in [0.5, 0.6) is 5.75 Å². The maximum absolute atomic E-state index is 11.5. The van der Waals surface area contributed by atoms with E-state index in [9.17, 15) is 10.1 Å². The second-order valence-corrected chi connectivity index (χ2v) is 7.30. The van der Waals surface area contributed by atoms with Crippen LogP contribution in [-0.4, -0.2) is 34.6 Å². The highest BCUT2D eigenvalue weighted by molar-refractivity contribution is 5.74. The Morgan fingerprint density at radius 2 is 1.89 bits per heavy atom. The van der Waals surface area contributed by atoms with Gasteiger partial charge in [0.25, 0.3) is 0 Å². The molecule has 9 nitrogen and oxygen atoms in total. The van der Waals surface area contributed by atoms with Crippen LogP contribution in [0.1, 0.15) is 27.2 Å². The Balaban J connectivity index is 1.93. The van der Waals surface area contributed by atoms with E-state index in [2.05, 4.69) is 29.1 Å². The molecule has 0 unspecified atom stereocenters. The Morgan fingerprint density at radius 1 is 1.25 bits per heavy atom. The summed E-state index contributed by atoms with van der Waals surface area (Å²) in [5.74, 6) is 2.06. The molecule has 2 aromatic rings. The summed E-state index contributed by atoms with van der Waals surface area (Å²) >= 11 is 0. The molecule has 28 heavy (non-hydrogen) atoms. The van der Waals surface area contributed by atoms with E-state index in [4.69, 9.17) is 10.5 Å². The third kappa shape index (κ3) is 4.41. The van der Waals surface area contributed by atoms with Gasteiger partial charge in [-0.3, -0.25) is 10.1 Å². The van der Waals surface area contributed by atoms with E-state index in [0.717, 1.165) is 25.3 Å².